The van der Waals surface area contributed by atoms with Crippen LogP contribution in [0.3, 0.4) is 0 Å². The fraction of sp³-hybridized carbons (Fsp3) is 0.630. The van der Waals surface area contributed by atoms with Gasteiger partial charge in [-0.05, 0) is 49.4 Å². The van der Waals surface area contributed by atoms with Crippen LogP contribution in [0, 0.1) is 11.7 Å². The molecule has 5 rings (SSSR count). The number of carbonyl (C=O) groups excluding carboxylic acids is 2. The highest BCUT2D eigenvalue weighted by Crippen LogP contribution is 2.45. The van der Waals surface area contributed by atoms with Gasteiger partial charge >= 0.3 is 0 Å². The van der Waals surface area contributed by atoms with E-state index in [0.29, 0.717) is 19.0 Å². The molecule has 0 bridgehead atoms. The van der Waals surface area contributed by atoms with Crippen molar-refractivity contribution in [1.82, 2.24) is 20.1 Å². The summed E-state index contributed by atoms with van der Waals surface area (Å²) in [6.07, 6.45) is 8.39. The first-order valence-electron chi connectivity index (χ1n) is 13.2. The van der Waals surface area contributed by atoms with E-state index in [0.717, 1.165) is 29.4 Å². The number of aliphatic hydroxyl groups is 1. The second-order valence-corrected chi connectivity index (χ2v) is 10.6. The van der Waals surface area contributed by atoms with E-state index in [-0.39, 0.29) is 41.6 Å². The van der Waals surface area contributed by atoms with Crippen molar-refractivity contribution in [3.8, 4) is 0 Å². The van der Waals surface area contributed by atoms with Gasteiger partial charge in [0.1, 0.15) is 11.9 Å². The number of benzene rings is 1. The van der Waals surface area contributed by atoms with Crippen LogP contribution in [0.1, 0.15) is 63.9 Å². The Morgan fingerprint density at radius 3 is 2.74 bits per heavy atom. The molecular formula is C27H37FN4O3. The number of carbonyl (C=O) groups is 2. The molecule has 0 spiro atoms. The Labute approximate surface area is 206 Å². The molecule has 1 aromatic heterocycles. The van der Waals surface area contributed by atoms with Crippen molar-refractivity contribution in [3.63, 3.8) is 0 Å². The van der Waals surface area contributed by atoms with Crippen LogP contribution in [0.25, 0.3) is 10.9 Å². The summed E-state index contributed by atoms with van der Waals surface area (Å²) in [4.78, 5) is 34.0. The van der Waals surface area contributed by atoms with Gasteiger partial charge in [-0.1, -0.05) is 26.7 Å². The highest BCUT2D eigenvalue weighted by atomic mass is 19.1. The van der Waals surface area contributed by atoms with E-state index in [1.165, 1.54) is 37.8 Å². The van der Waals surface area contributed by atoms with Gasteiger partial charge in [0.2, 0.25) is 11.8 Å². The third-order valence-electron chi connectivity index (χ3n) is 8.67. The average Bonchev–Trinajstić information content (AvgIpc) is 3.65. The van der Waals surface area contributed by atoms with Crippen molar-refractivity contribution in [2.45, 2.75) is 82.5 Å². The van der Waals surface area contributed by atoms with Crippen molar-refractivity contribution in [2.24, 2.45) is 5.92 Å². The van der Waals surface area contributed by atoms with Crippen molar-refractivity contribution < 1.29 is 19.1 Å². The van der Waals surface area contributed by atoms with Gasteiger partial charge in [-0.25, -0.2) is 4.39 Å². The summed E-state index contributed by atoms with van der Waals surface area (Å²) in [6.45, 7) is 4.81. The fourth-order valence-electron chi connectivity index (χ4n) is 6.62. The quantitative estimate of drug-likeness (QED) is 0.563. The van der Waals surface area contributed by atoms with E-state index in [9.17, 15) is 19.1 Å². The maximum Gasteiger partial charge on any atom is 0.247 e. The lowest BCUT2D eigenvalue weighted by Crippen LogP contribution is -2.54. The standard InChI is InChI=1S/C27H37FN4O3/c1-3-16(2)26(34)30-23(15-33)27(35)31-11-10-24-25(31)21(14-32(24)18-6-4-5-7-18)20-13-29-22-12-17(28)8-9-19(20)22/h8-9,12-13,16,18,21,23-25,29,33H,3-7,10-11,14-15H2,1-2H3,(H,30,34)/t16-,21-,23+,24-,25-/m1/s1. The fourth-order valence-corrected chi connectivity index (χ4v) is 6.62. The van der Waals surface area contributed by atoms with Crippen LogP contribution >= 0.6 is 0 Å². The summed E-state index contributed by atoms with van der Waals surface area (Å²) >= 11 is 0. The summed E-state index contributed by atoms with van der Waals surface area (Å²) in [5, 5.41) is 13.8. The zero-order valence-electron chi connectivity index (χ0n) is 20.7. The second-order valence-electron chi connectivity index (χ2n) is 10.6. The van der Waals surface area contributed by atoms with Crippen LogP contribution in [0.2, 0.25) is 0 Å². The summed E-state index contributed by atoms with van der Waals surface area (Å²) in [6, 6.07) is 4.64. The number of likely N-dealkylation sites (tertiary alicyclic amines) is 2. The summed E-state index contributed by atoms with van der Waals surface area (Å²) in [5.74, 6) is -0.822. The van der Waals surface area contributed by atoms with E-state index < -0.39 is 12.6 Å². The normalized spacial score (nSPS) is 26.9. The highest BCUT2D eigenvalue weighted by molar-refractivity contribution is 5.89. The Morgan fingerprint density at radius 1 is 1.26 bits per heavy atom. The number of fused-ring (bicyclic) bond motifs is 2. The van der Waals surface area contributed by atoms with Gasteiger partial charge in [-0.3, -0.25) is 14.5 Å². The number of halogens is 1. The number of rotatable bonds is 7. The van der Waals surface area contributed by atoms with Crippen LogP contribution in [-0.4, -0.2) is 75.6 Å². The number of nitrogens with zero attached hydrogens (tertiary/aromatic N) is 2. The van der Waals surface area contributed by atoms with Gasteiger partial charge in [0, 0.05) is 54.1 Å². The zero-order valence-corrected chi connectivity index (χ0v) is 20.7. The first-order chi connectivity index (χ1) is 16.9. The number of aliphatic hydroxyl groups excluding tert-OH is 1. The molecular weight excluding hydrogens is 447 g/mol. The summed E-state index contributed by atoms with van der Waals surface area (Å²) in [5.41, 5.74) is 1.88. The molecule has 7 nitrogen and oxygen atoms in total. The molecule has 35 heavy (non-hydrogen) atoms. The Bertz CT molecular complexity index is 1080. The monoisotopic (exact) mass is 484 g/mol. The first-order valence-corrected chi connectivity index (χ1v) is 13.2. The molecule has 0 unspecified atom stereocenters. The number of aromatic amines is 1. The highest BCUT2D eigenvalue weighted by Gasteiger charge is 2.53. The molecule has 190 valence electrons. The van der Waals surface area contributed by atoms with Crippen LogP contribution < -0.4 is 5.32 Å². The average molecular weight is 485 g/mol. The number of aromatic nitrogens is 1. The SMILES string of the molecule is CC[C@@H](C)C(=O)N[C@@H](CO)C(=O)N1CC[C@@H]2[C@H]1[C@@H](c1c[nH]c3cc(F)ccc13)CN2C1CCCC1. The van der Waals surface area contributed by atoms with Crippen molar-refractivity contribution >= 4 is 22.7 Å². The van der Waals surface area contributed by atoms with Gasteiger partial charge < -0.3 is 20.3 Å². The van der Waals surface area contributed by atoms with Crippen molar-refractivity contribution in [3.05, 3.63) is 35.8 Å². The van der Waals surface area contributed by atoms with E-state index in [1.54, 1.807) is 0 Å². The Kier molecular flexibility index (Phi) is 6.86. The second kappa shape index (κ2) is 9.90. The summed E-state index contributed by atoms with van der Waals surface area (Å²) < 4.78 is 13.8. The molecule has 1 aliphatic carbocycles. The maximum atomic E-state index is 13.8. The predicted octanol–water partition coefficient (Wildman–Crippen LogP) is 3.14. The molecule has 1 saturated carbocycles. The lowest BCUT2D eigenvalue weighted by atomic mass is 9.91. The van der Waals surface area contributed by atoms with E-state index >= 15 is 0 Å². The van der Waals surface area contributed by atoms with Crippen LogP contribution in [0.5, 0.6) is 0 Å². The van der Waals surface area contributed by atoms with Gasteiger partial charge in [0.05, 0.1) is 12.6 Å². The van der Waals surface area contributed by atoms with Gasteiger partial charge in [-0.2, -0.15) is 0 Å². The summed E-state index contributed by atoms with van der Waals surface area (Å²) in [7, 11) is 0. The molecule has 3 N–H and O–H groups in total. The predicted molar refractivity (Wildman–Crippen MR) is 132 cm³/mol. The molecule has 1 aromatic carbocycles. The number of H-pyrrole nitrogens is 1. The molecule has 0 radical (unpaired) electrons. The minimum absolute atomic E-state index is 0.0401. The Balaban J connectivity index is 1.46. The van der Waals surface area contributed by atoms with Gasteiger partial charge in [-0.15, -0.1) is 0 Å². The Morgan fingerprint density at radius 2 is 2.03 bits per heavy atom. The molecule has 2 saturated heterocycles. The van der Waals surface area contributed by atoms with Crippen molar-refractivity contribution in [1.29, 1.82) is 0 Å². The zero-order chi connectivity index (χ0) is 24.7. The molecule has 2 amide bonds. The minimum atomic E-state index is -0.937. The minimum Gasteiger partial charge on any atom is -0.394 e. The van der Waals surface area contributed by atoms with Crippen LogP contribution in [0.4, 0.5) is 4.39 Å². The van der Waals surface area contributed by atoms with E-state index in [4.69, 9.17) is 0 Å². The topological polar surface area (TPSA) is 88.7 Å². The van der Waals surface area contributed by atoms with E-state index in [1.807, 2.05) is 31.0 Å². The maximum absolute atomic E-state index is 13.8. The van der Waals surface area contributed by atoms with Crippen LogP contribution in [0.15, 0.2) is 24.4 Å². The van der Waals surface area contributed by atoms with Crippen LogP contribution in [-0.2, 0) is 9.59 Å². The molecule has 5 atom stereocenters. The first kappa shape index (κ1) is 24.3. The smallest absolute Gasteiger partial charge is 0.247 e. The third-order valence-corrected chi connectivity index (χ3v) is 8.67. The molecule has 2 aliphatic heterocycles. The largest absolute Gasteiger partial charge is 0.394 e. The van der Waals surface area contributed by atoms with Gasteiger partial charge in [0.25, 0.3) is 0 Å². The number of amides is 2. The molecule has 8 heteroatoms. The third kappa shape index (κ3) is 4.35. The van der Waals surface area contributed by atoms with E-state index in [2.05, 4.69) is 15.2 Å². The lowest BCUT2D eigenvalue weighted by molar-refractivity contribution is -0.139. The molecule has 3 heterocycles. The Hall–Kier alpha value is -2.45. The number of hydrogen-bond donors (Lipinski definition) is 3. The molecule has 2 aromatic rings. The number of hydrogen-bond acceptors (Lipinski definition) is 4. The van der Waals surface area contributed by atoms with Crippen molar-refractivity contribution in [2.75, 3.05) is 19.7 Å². The van der Waals surface area contributed by atoms with Gasteiger partial charge in [0.15, 0.2) is 0 Å². The number of nitrogens with one attached hydrogen (secondary N) is 2. The molecule has 3 aliphatic rings. The molecule has 3 fully saturated rings. The lowest BCUT2D eigenvalue weighted by Gasteiger charge is -2.32.